The molecule has 0 radical (unpaired) electrons. The van der Waals surface area contributed by atoms with Crippen LogP contribution in [0.25, 0.3) is 11.4 Å². The molecule has 17 heavy (non-hydrogen) atoms. The Morgan fingerprint density at radius 2 is 2.35 bits per heavy atom. The zero-order valence-electron chi connectivity index (χ0n) is 9.58. The highest BCUT2D eigenvalue weighted by Gasteiger charge is 2.21. The zero-order chi connectivity index (χ0) is 11.7. The second-order valence-electron chi connectivity index (χ2n) is 4.51. The molecule has 0 fully saturated rings. The van der Waals surface area contributed by atoms with Crippen molar-refractivity contribution in [2.75, 3.05) is 6.61 Å². The van der Waals surface area contributed by atoms with Gasteiger partial charge in [0.2, 0.25) is 0 Å². The highest BCUT2D eigenvalue weighted by Crippen LogP contribution is 2.26. The summed E-state index contributed by atoms with van der Waals surface area (Å²) in [5.74, 6) is 1.38. The minimum atomic E-state index is 0.271. The second kappa shape index (κ2) is 4.30. The fraction of sp³-hybridized carbons (Fsp3) is 0.385. The molecule has 2 aromatic heterocycles. The quantitative estimate of drug-likeness (QED) is 0.849. The van der Waals surface area contributed by atoms with Gasteiger partial charge in [0.25, 0.3) is 0 Å². The molecule has 2 aromatic rings. The third-order valence-corrected chi connectivity index (χ3v) is 3.37. The Morgan fingerprint density at radius 3 is 3.12 bits per heavy atom. The number of aliphatic hydroxyl groups is 1. The fourth-order valence-corrected chi connectivity index (χ4v) is 2.41. The Balaban J connectivity index is 1.97. The predicted molar refractivity (Wildman–Crippen MR) is 64.4 cm³/mol. The minimum Gasteiger partial charge on any atom is -0.396 e. The number of hydrogen-bond donors (Lipinski definition) is 1. The van der Waals surface area contributed by atoms with Crippen molar-refractivity contribution >= 4 is 0 Å². The average molecular weight is 229 g/mol. The van der Waals surface area contributed by atoms with E-state index in [4.69, 9.17) is 0 Å². The normalized spacial score (nSPS) is 19.0. The van der Waals surface area contributed by atoms with Crippen molar-refractivity contribution in [2.45, 2.75) is 19.4 Å². The smallest absolute Gasteiger partial charge is 0.141 e. The van der Waals surface area contributed by atoms with Gasteiger partial charge in [-0.1, -0.05) is 0 Å². The van der Waals surface area contributed by atoms with Crippen LogP contribution in [0.4, 0.5) is 0 Å². The van der Waals surface area contributed by atoms with E-state index in [1.165, 1.54) is 5.69 Å². The number of hydrogen-bond acceptors (Lipinski definition) is 3. The van der Waals surface area contributed by atoms with Crippen LogP contribution in [-0.4, -0.2) is 26.2 Å². The van der Waals surface area contributed by atoms with Crippen molar-refractivity contribution in [3.8, 4) is 11.4 Å². The molecule has 0 saturated carbocycles. The van der Waals surface area contributed by atoms with Crippen molar-refractivity contribution in [1.82, 2.24) is 14.5 Å². The van der Waals surface area contributed by atoms with Crippen LogP contribution in [-0.2, 0) is 13.0 Å². The molecule has 3 rings (SSSR count). The summed E-state index contributed by atoms with van der Waals surface area (Å²) >= 11 is 0. The van der Waals surface area contributed by atoms with Crippen LogP contribution in [0.1, 0.15) is 12.1 Å². The third-order valence-electron chi connectivity index (χ3n) is 3.37. The maximum atomic E-state index is 9.20. The van der Waals surface area contributed by atoms with Crippen molar-refractivity contribution in [3.63, 3.8) is 0 Å². The number of rotatable bonds is 2. The number of imidazole rings is 1. The summed E-state index contributed by atoms with van der Waals surface area (Å²) in [6.07, 6.45) is 7.47. The van der Waals surface area contributed by atoms with Gasteiger partial charge in [0, 0.05) is 43.0 Å². The van der Waals surface area contributed by atoms with Gasteiger partial charge in [0.1, 0.15) is 5.82 Å². The van der Waals surface area contributed by atoms with Gasteiger partial charge in [-0.3, -0.25) is 4.98 Å². The van der Waals surface area contributed by atoms with Crippen LogP contribution < -0.4 is 0 Å². The molecular formula is C13H15N3O. The van der Waals surface area contributed by atoms with E-state index in [0.717, 1.165) is 30.8 Å². The van der Waals surface area contributed by atoms with Crippen LogP contribution in [0.3, 0.4) is 0 Å². The van der Waals surface area contributed by atoms with Crippen LogP contribution in [0.15, 0.2) is 30.7 Å². The van der Waals surface area contributed by atoms with E-state index >= 15 is 0 Å². The van der Waals surface area contributed by atoms with E-state index < -0.39 is 0 Å². The topological polar surface area (TPSA) is 50.9 Å². The summed E-state index contributed by atoms with van der Waals surface area (Å²) in [7, 11) is 0. The maximum Gasteiger partial charge on any atom is 0.141 e. The third kappa shape index (κ3) is 1.85. The van der Waals surface area contributed by atoms with E-state index in [1.807, 2.05) is 24.5 Å². The molecule has 0 aromatic carbocycles. The lowest BCUT2D eigenvalue weighted by atomic mass is 9.97. The molecule has 0 amide bonds. The summed E-state index contributed by atoms with van der Waals surface area (Å²) < 4.78 is 2.24. The van der Waals surface area contributed by atoms with Gasteiger partial charge in [0.05, 0.1) is 0 Å². The van der Waals surface area contributed by atoms with Gasteiger partial charge in [-0.25, -0.2) is 4.98 Å². The number of fused-ring (bicyclic) bond motifs is 1. The molecule has 0 aliphatic carbocycles. The molecule has 1 unspecified atom stereocenters. The molecule has 4 nitrogen and oxygen atoms in total. The second-order valence-corrected chi connectivity index (χ2v) is 4.51. The summed E-state index contributed by atoms with van der Waals surface area (Å²) in [4.78, 5) is 8.61. The molecule has 1 aliphatic rings. The summed E-state index contributed by atoms with van der Waals surface area (Å²) in [5.41, 5.74) is 2.27. The van der Waals surface area contributed by atoms with E-state index in [2.05, 4.69) is 14.5 Å². The summed E-state index contributed by atoms with van der Waals surface area (Å²) in [5, 5.41) is 9.20. The fourth-order valence-electron chi connectivity index (χ4n) is 2.41. The van der Waals surface area contributed by atoms with Crippen LogP contribution in [0.2, 0.25) is 0 Å². The summed E-state index contributed by atoms with van der Waals surface area (Å²) in [6, 6.07) is 3.96. The molecule has 3 heterocycles. The van der Waals surface area contributed by atoms with Crippen LogP contribution >= 0.6 is 0 Å². The lowest BCUT2D eigenvalue weighted by Crippen LogP contribution is -2.21. The molecular weight excluding hydrogens is 214 g/mol. The Hall–Kier alpha value is -1.68. The SMILES string of the molecule is OCC1CCn2c(cnc2-c2cccnc2)C1. The lowest BCUT2D eigenvalue weighted by Gasteiger charge is -2.23. The van der Waals surface area contributed by atoms with Crippen molar-refractivity contribution in [2.24, 2.45) is 5.92 Å². The minimum absolute atomic E-state index is 0.271. The Labute approximate surface area is 100.0 Å². The highest BCUT2D eigenvalue weighted by molar-refractivity contribution is 5.54. The average Bonchev–Trinajstić information content (AvgIpc) is 2.82. The first kappa shape index (κ1) is 10.5. The van der Waals surface area contributed by atoms with E-state index in [0.29, 0.717) is 5.92 Å². The van der Waals surface area contributed by atoms with Crippen LogP contribution in [0, 0.1) is 5.92 Å². The van der Waals surface area contributed by atoms with Gasteiger partial charge in [-0.05, 0) is 30.9 Å². The first-order valence-electron chi connectivity index (χ1n) is 5.94. The number of nitrogens with zero attached hydrogens (tertiary/aromatic N) is 3. The number of pyridine rings is 1. The van der Waals surface area contributed by atoms with Crippen molar-refractivity contribution < 1.29 is 5.11 Å². The molecule has 0 spiro atoms. The number of aliphatic hydroxyl groups excluding tert-OH is 1. The van der Waals surface area contributed by atoms with E-state index in [1.54, 1.807) is 6.20 Å². The van der Waals surface area contributed by atoms with Gasteiger partial charge >= 0.3 is 0 Å². The number of aromatic nitrogens is 3. The maximum absolute atomic E-state index is 9.20. The van der Waals surface area contributed by atoms with Gasteiger partial charge < -0.3 is 9.67 Å². The lowest BCUT2D eigenvalue weighted by molar-refractivity contribution is 0.201. The van der Waals surface area contributed by atoms with E-state index in [9.17, 15) is 5.11 Å². The Morgan fingerprint density at radius 1 is 1.41 bits per heavy atom. The molecule has 0 saturated heterocycles. The molecule has 1 aliphatic heterocycles. The van der Waals surface area contributed by atoms with Gasteiger partial charge in [-0.15, -0.1) is 0 Å². The largest absolute Gasteiger partial charge is 0.396 e. The van der Waals surface area contributed by atoms with Gasteiger partial charge in [0.15, 0.2) is 0 Å². The molecule has 4 heteroatoms. The predicted octanol–water partition coefficient (Wildman–Crippen LogP) is 1.50. The monoisotopic (exact) mass is 229 g/mol. The van der Waals surface area contributed by atoms with E-state index in [-0.39, 0.29) is 6.61 Å². The standard InChI is InChI=1S/C13H15N3O/c17-9-10-3-5-16-12(6-10)8-15-13(16)11-2-1-4-14-7-11/h1-2,4,7-8,10,17H,3,5-6,9H2. The highest BCUT2D eigenvalue weighted by atomic mass is 16.3. The first-order valence-corrected chi connectivity index (χ1v) is 5.94. The summed E-state index contributed by atoms with van der Waals surface area (Å²) in [6.45, 7) is 1.21. The molecule has 88 valence electrons. The zero-order valence-corrected chi connectivity index (χ0v) is 9.58. The molecule has 0 bridgehead atoms. The first-order chi connectivity index (χ1) is 8.38. The van der Waals surface area contributed by atoms with Gasteiger partial charge in [-0.2, -0.15) is 0 Å². The Bertz CT molecular complexity index is 507. The van der Waals surface area contributed by atoms with Crippen LogP contribution in [0.5, 0.6) is 0 Å². The Kier molecular flexibility index (Phi) is 2.65. The molecule has 1 atom stereocenters. The van der Waals surface area contributed by atoms with Crippen molar-refractivity contribution in [1.29, 1.82) is 0 Å². The van der Waals surface area contributed by atoms with Crippen molar-refractivity contribution in [3.05, 3.63) is 36.4 Å². The molecule has 1 N–H and O–H groups in total.